The number of carbonyl (C=O) groups is 1. The van der Waals surface area contributed by atoms with Crippen LogP contribution in [-0.2, 0) is 11.2 Å². The topological polar surface area (TPSA) is 59.8 Å². The van der Waals surface area contributed by atoms with E-state index in [-0.39, 0.29) is 11.9 Å². The molecular formula is C15H22N4OS. The number of nitrogens with zero attached hydrogens (tertiary/aromatic N) is 3. The largest absolute Gasteiger partial charge is 0.354 e. The average Bonchev–Trinajstić information content (AvgIpc) is 2.99. The molecule has 1 atom stereocenters. The Bertz CT molecular complexity index is 617. The molecule has 0 saturated heterocycles. The first-order valence-corrected chi connectivity index (χ1v) is 8.03. The maximum Gasteiger partial charge on any atom is 0.220 e. The maximum atomic E-state index is 11.9. The summed E-state index contributed by atoms with van der Waals surface area (Å²) in [5, 5.41) is 7.43. The molecule has 0 aromatic carbocycles. The summed E-state index contributed by atoms with van der Waals surface area (Å²) in [5.74, 6) is 0.0798. The zero-order chi connectivity index (χ0) is 15.4. The third-order valence-electron chi connectivity index (χ3n) is 3.48. The van der Waals surface area contributed by atoms with Crippen molar-refractivity contribution in [2.24, 2.45) is 0 Å². The fourth-order valence-electron chi connectivity index (χ4n) is 2.32. The van der Waals surface area contributed by atoms with E-state index in [2.05, 4.69) is 22.3 Å². The molecule has 0 saturated carbocycles. The van der Waals surface area contributed by atoms with Crippen LogP contribution in [0, 0.1) is 20.8 Å². The minimum absolute atomic E-state index is 0.0798. The van der Waals surface area contributed by atoms with E-state index in [4.69, 9.17) is 0 Å². The van der Waals surface area contributed by atoms with Gasteiger partial charge in [-0.25, -0.2) is 4.98 Å². The Labute approximate surface area is 129 Å². The van der Waals surface area contributed by atoms with E-state index in [1.807, 2.05) is 37.0 Å². The van der Waals surface area contributed by atoms with Gasteiger partial charge >= 0.3 is 0 Å². The van der Waals surface area contributed by atoms with Gasteiger partial charge in [0.1, 0.15) is 0 Å². The zero-order valence-electron chi connectivity index (χ0n) is 13.0. The molecule has 2 aromatic heterocycles. The molecule has 21 heavy (non-hydrogen) atoms. The Balaban J connectivity index is 1.78. The van der Waals surface area contributed by atoms with E-state index >= 15 is 0 Å². The molecule has 2 heterocycles. The van der Waals surface area contributed by atoms with Crippen molar-refractivity contribution in [2.75, 3.05) is 6.54 Å². The van der Waals surface area contributed by atoms with Gasteiger partial charge in [-0.1, -0.05) is 0 Å². The third-order valence-corrected chi connectivity index (χ3v) is 4.48. The normalized spacial score (nSPS) is 12.4. The minimum atomic E-state index is 0.0798. The number of carbonyl (C=O) groups excluding carboxylic acids is 1. The lowest BCUT2D eigenvalue weighted by molar-refractivity contribution is -0.121. The number of thiazole rings is 1. The molecule has 2 rings (SSSR count). The quantitative estimate of drug-likeness (QED) is 0.892. The van der Waals surface area contributed by atoms with Crippen LogP contribution in [-0.4, -0.2) is 27.2 Å². The van der Waals surface area contributed by atoms with Gasteiger partial charge in [-0.2, -0.15) is 5.10 Å². The molecule has 0 bridgehead atoms. The molecule has 1 N–H and O–H groups in total. The number of nitrogens with one attached hydrogen (secondary N) is 1. The van der Waals surface area contributed by atoms with Gasteiger partial charge in [0, 0.05) is 23.5 Å². The van der Waals surface area contributed by atoms with Gasteiger partial charge in [0.2, 0.25) is 5.91 Å². The summed E-state index contributed by atoms with van der Waals surface area (Å²) in [4.78, 5) is 17.3. The second kappa shape index (κ2) is 6.85. The number of amides is 1. The summed E-state index contributed by atoms with van der Waals surface area (Å²) < 4.78 is 1.96. The molecule has 5 nitrogen and oxygen atoms in total. The van der Waals surface area contributed by atoms with Gasteiger partial charge in [-0.05, 0) is 40.2 Å². The van der Waals surface area contributed by atoms with Crippen LogP contribution in [0.5, 0.6) is 0 Å². The van der Waals surface area contributed by atoms with E-state index < -0.39 is 0 Å². The molecule has 0 aliphatic rings. The highest BCUT2D eigenvalue weighted by Crippen LogP contribution is 2.14. The van der Waals surface area contributed by atoms with Gasteiger partial charge < -0.3 is 5.32 Å². The van der Waals surface area contributed by atoms with Gasteiger partial charge in [-0.15, -0.1) is 11.3 Å². The number of hydrogen-bond acceptors (Lipinski definition) is 4. The monoisotopic (exact) mass is 306 g/mol. The van der Waals surface area contributed by atoms with Crippen molar-refractivity contribution in [2.45, 2.75) is 46.6 Å². The Hall–Kier alpha value is -1.69. The van der Waals surface area contributed by atoms with Crippen molar-refractivity contribution < 1.29 is 4.79 Å². The Kier molecular flexibility index (Phi) is 5.12. The lowest BCUT2D eigenvalue weighted by atomic mass is 10.2. The summed E-state index contributed by atoms with van der Waals surface area (Å²) in [6.45, 7) is 8.65. The van der Waals surface area contributed by atoms with E-state index in [1.165, 1.54) is 4.88 Å². The summed E-state index contributed by atoms with van der Waals surface area (Å²) in [5.41, 5.74) is 4.98. The lowest BCUT2D eigenvalue weighted by Gasteiger charge is -2.15. The first-order valence-electron chi connectivity index (χ1n) is 7.15. The van der Waals surface area contributed by atoms with E-state index in [1.54, 1.807) is 11.3 Å². The van der Waals surface area contributed by atoms with Crippen LogP contribution in [0.2, 0.25) is 0 Å². The maximum absolute atomic E-state index is 11.9. The molecule has 0 unspecified atom stereocenters. The Morgan fingerprint density at radius 3 is 2.76 bits per heavy atom. The van der Waals surface area contributed by atoms with Crippen molar-refractivity contribution in [3.05, 3.63) is 33.5 Å². The second-order valence-electron chi connectivity index (χ2n) is 5.39. The molecule has 2 aromatic rings. The second-order valence-corrected chi connectivity index (χ2v) is 6.33. The molecule has 0 spiro atoms. The standard InChI is InChI=1S/C15H22N4OS/c1-10-7-11(2)19(18-10)12(3)8-16-15(20)6-5-14-13(4)17-9-21-14/h7,9,12H,5-6,8H2,1-4H3,(H,16,20)/t12-/m0/s1. The highest BCUT2D eigenvalue weighted by atomic mass is 32.1. The van der Waals surface area contributed by atoms with E-state index in [9.17, 15) is 4.79 Å². The van der Waals surface area contributed by atoms with Gasteiger partial charge in [-0.3, -0.25) is 9.48 Å². The fourth-order valence-corrected chi connectivity index (χ4v) is 3.10. The third kappa shape index (κ3) is 4.14. The molecule has 0 aliphatic carbocycles. The number of hydrogen-bond donors (Lipinski definition) is 1. The predicted octanol–water partition coefficient (Wildman–Crippen LogP) is 2.57. The van der Waals surface area contributed by atoms with Crippen LogP contribution in [0.15, 0.2) is 11.6 Å². The Morgan fingerprint density at radius 2 is 2.19 bits per heavy atom. The van der Waals surface area contributed by atoms with Gasteiger partial charge in [0.15, 0.2) is 0 Å². The van der Waals surface area contributed by atoms with Crippen LogP contribution >= 0.6 is 11.3 Å². The average molecular weight is 306 g/mol. The van der Waals surface area contributed by atoms with Crippen molar-refractivity contribution in [3.63, 3.8) is 0 Å². The van der Waals surface area contributed by atoms with Crippen LogP contribution in [0.25, 0.3) is 0 Å². The van der Waals surface area contributed by atoms with Gasteiger partial charge in [0.05, 0.1) is 22.9 Å². The van der Waals surface area contributed by atoms with Crippen molar-refractivity contribution >= 4 is 17.2 Å². The minimum Gasteiger partial charge on any atom is -0.354 e. The first kappa shape index (κ1) is 15.7. The SMILES string of the molecule is Cc1cc(C)n([C@@H](C)CNC(=O)CCc2scnc2C)n1. The fraction of sp³-hybridized carbons (Fsp3) is 0.533. The smallest absolute Gasteiger partial charge is 0.220 e. The molecular weight excluding hydrogens is 284 g/mol. The molecule has 114 valence electrons. The van der Waals surface area contributed by atoms with Crippen LogP contribution in [0.4, 0.5) is 0 Å². The number of aryl methyl sites for hydroxylation is 4. The van der Waals surface area contributed by atoms with E-state index in [0.717, 1.165) is 23.5 Å². The number of rotatable bonds is 6. The summed E-state index contributed by atoms with van der Waals surface area (Å²) in [7, 11) is 0. The van der Waals surface area contributed by atoms with Crippen molar-refractivity contribution in [3.8, 4) is 0 Å². The predicted molar refractivity (Wildman–Crippen MR) is 84.6 cm³/mol. The lowest BCUT2D eigenvalue weighted by Crippen LogP contribution is -2.30. The summed E-state index contributed by atoms with van der Waals surface area (Å²) >= 11 is 1.61. The van der Waals surface area contributed by atoms with Gasteiger partial charge in [0.25, 0.3) is 0 Å². The molecule has 1 amide bonds. The van der Waals surface area contributed by atoms with Crippen LogP contribution in [0.3, 0.4) is 0 Å². The first-order chi connectivity index (χ1) is 9.97. The highest BCUT2D eigenvalue weighted by molar-refractivity contribution is 7.09. The molecule has 6 heteroatoms. The highest BCUT2D eigenvalue weighted by Gasteiger charge is 2.11. The van der Waals surface area contributed by atoms with E-state index in [0.29, 0.717) is 13.0 Å². The van der Waals surface area contributed by atoms with Crippen molar-refractivity contribution in [1.29, 1.82) is 0 Å². The molecule has 0 aliphatic heterocycles. The summed E-state index contributed by atoms with van der Waals surface area (Å²) in [6.07, 6.45) is 1.27. The van der Waals surface area contributed by atoms with Crippen molar-refractivity contribution in [1.82, 2.24) is 20.1 Å². The van der Waals surface area contributed by atoms with Crippen LogP contribution in [0.1, 0.15) is 41.3 Å². The molecule has 0 radical (unpaired) electrons. The number of aromatic nitrogens is 3. The van der Waals surface area contributed by atoms with Crippen LogP contribution < -0.4 is 5.32 Å². The summed E-state index contributed by atoms with van der Waals surface area (Å²) in [6, 6.07) is 2.21. The zero-order valence-corrected chi connectivity index (χ0v) is 13.8. The molecule has 0 fully saturated rings. The Morgan fingerprint density at radius 1 is 1.43 bits per heavy atom.